The van der Waals surface area contributed by atoms with Gasteiger partial charge in [-0.25, -0.2) is 0 Å². The van der Waals surface area contributed by atoms with Gasteiger partial charge in [-0.2, -0.15) is 0 Å². The number of nitrogens with two attached hydrogens (primary N) is 1. The molecule has 6 nitrogen and oxygen atoms in total. The fourth-order valence-corrected chi connectivity index (χ4v) is 2.60. The number of hydrogen-bond acceptors (Lipinski definition) is 4. The molecule has 0 fully saturated rings. The molecule has 1 rings (SSSR count). The first-order chi connectivity index (χ1) is 10.1. The number of aromatic hydroxyl groups is 1. The van der Waals surface area contributed by atoms with Crippen molar-refractivity contribution in [2.75, 3.05) is 6.54 Å². The normalized spacial score (nSPS) is 12.8. The van der Waals surface area contributed by atoms with E-state index < -0.39 is 17.9 Å². The van der Waals surface area contributed by atoms with E-state index in [0.29, 0.717) is 15.6 Å². The van der Waals surface area contributed by atoms with Gasteiger partial charge >= 0.3 is 5.97 Å². The quantitative estimate of drug-likeness (QED) is 0.631. The van der Waals surface area contributed by atoms with Crippen molar-refractivity contribution in [2.45, 2.75) is 38.6 Å². The molecule has 0 radical (unpaired) electrons. The van der Waals surface area contributed by atoms with Gasteiger partial charge in [0.1, 0.15) is 5.75 Å². The Morgan fingerprint density at radius 2 is 1.95 bits per heavy atom. The molecule has 0 saturated carbocycles. The Hall–Kier alpha value is -1.60. The van der Waals surface area contributed by atoms with Crippen molar-refractivity contribution < 1.29 is 19.8 Å². The summed E-state index contributed by atoms with van der Waals surface area (Å²) < 4.78 is 0.697. The lowest BCUT2D eigenvalue weighted by Gasteiger charge is -2.25. The summed E-state index contributed by atoms with van der Waals surface area (Å²) in [5, 5.41) is 22.1. The van der Waals surface area contributed by atoms with E-state index in [0.717, 1.165) is 0 Å². The van der Waals surface area contributed by atoms with Crippen LogP contribution < -0.4 is 11.1 Å². The number of amides is 1. The number of halogens is 1. The zero-order valence-corrected chi connectivity index (χ0v) is 14.4. The fraction of sp³-hybridized carbons (Fsp3) is 0.467. The number of carbonyl (C=O) groups is 2. The third-order valence-electron chi connectivity index (χ3n) is 3.19. The Morgan fingerprint density at radius 1 is 1.36 bits per heavy atom. The molecule has 0 aliphatic heterocycles. The second kappa shape index (κ2) is 7.11. The molecule has 0 spiro atoms. The van der Waals surface area contributed by atoms with Gasteiger partial charge in [0, 0.05) is 15.6 Å². The van der Waals surface area contributed by atoms with E-state index in [-0.39, 0.29) is 24.1 Å². The van der Waals surface area contributed by atoms with Crippen molar-refractivity contribution in [1.82, 2.24) is 5.32 Å². The van der Waals surface area contributed by atoms with Gasteiger partial charge in [-0.3, -0.25) is 9.59 Å². The summed E-state index contributed by atoms with van der Waals surface area (Å²) in [6.45, 7) is 5.55. The molecule has 22 heavy (non-hydrogen) atoms. The second-order valence-electron chi connectivity index (χ2n) is 6.06. The fourth-order valence-electron chi connectivity index (χ4n) is 2.12. The van der Waals surface area contributed by atoms with Crippen LogP contribution in [0.2, 0.25) is 0 Å². The average molecular weight is 373 g/mol. The Kier molecular flexibility index (Phi) is 5.96. The number of carboxylic acids is 1. The number of hydrogen-bond donors (Lipinski definition) is 4. The number of carbonyl (C=O) groups excluding carboxylic acids is 1. The number of phenols is 1. The molecule has 1 amide bonds. The summed E-state index contributed by atoms with van der Waals surface area (Å²) in [5.74, 6) is -1.58. The molecule has 0 saturated heterocycles. The SMILES string of the molecule is CC(C)(C)c1cc(Br)cc([C@H](CC(=O)O)NC(=O)CN)c1O. The Balaban J connectivity index is 3.37. The third kappa shape index (κ3) is 4.71. The van der Waals surface area contributed by atoms with Gasteiger partial charge < -0.3 is 21.3 Å². The van der Waals surface area contributed by atoms with Gasteiger partial charge in [-0.1, -0.05) is 36.7 Å². The highest BCUT2D eigenvalue weighted by Crippen LogP contribution is 2.39. The van der Waals surface area contributed by atoms with E-state index in [4.69, 9.17) is 10.8 Å². The third-order valence-corrected chi connectivity index (χ3v) is 3.64. The van der Waals surface area contributed by atoms with Crippen molar-refractivity contribution in [3.8, 4) is 5.75 Å². The molecule has 0 heterocycles. The van der Waals surface area contributed by atoms with Crippen LogP contribution in [-0.4, -0.2) is 28.6 Å². The highest BCUT2D eigenvalue weighted by Gasteiger charge is 2.26. The molecule has 0 aromatic heterocycles. The largest absolute Gasteiger partial charge is 0.507 e. The summed E-state index contributed by atoms with van der Waals surface area (Å²) in [4.78, 5) is 22.6. The molecule has 5 N–H and O–H groups in total. The first-order valence-electron chi connectivity index (χ1n) is 6.80. The van der Waals surface area contributed by atoms with Gasteiger partial charge in [-0.15, -0.1) is 0 Å². The van der Waals surface area contributed by atoms with E-state index in [9.17, 15) is 14.7 Å². The minimum absolute atomic E-state index is 0.0146. The number of carboxylic acid groups (broad SMARTS) is 1. The maximum Gasteiger partial charge on any atom is 0.305 e. The Morgan fingerprint density at radius 3 is 2.41 bits per heavy atom. The van der Waals surface area contributed by atoms with E-state index >= 15 is 0 Å². The predicted octanol–water partition coefficient (Wildman–Crippen LogP) is 2.04. The van der Waals surface area contributed by atoms with Gasteiger partial charge in [0.05, 0.1) is 19.0 Å². The zero-order valence-electron chi connectivity index (χ0n) is 12.8. The van der Waals surface area contributed by atoms with Crippen LogP contribution in [0, 0.1) is 0 Å². The lowest BCUT2D eigenvalue weighted by Crippen LogP contribution is -2.35. The topological polar surface area (TPSA) is 113 Å². The van der Waals surface area contributed by atoms with E-state index in [1.165, 1.54) is 0 Å². The smallest absolute Gasteiger partial charge is 0.305 e. The van der Waals surface area contributed by atoms with Crippen LogP contribution in [0.15, 0.2) is 16.6 Å². The predicted molar refractivity (Wildman–Crippen MR) is 86.7 cm³/mol. The minimum Gasteiger partial charge on any atom is -0.507 e. The summed E-state index contributed by atoms with van der Waals surface area (Å²) in [5.41, 5.74) is 5.94. The molecule has 0 aliphatic rings. The average Bonchev–Trinajstić information content (AvgIpc) is 2.38. The zero-order chi connectivity index (χ0) is 17.1. The first-order valence-corrected chi connectivity index (χ1v) is 7.59. The highest BCUT2D eigenvalue weighted by molar-refractivity contribution is 9.10. The van der Waals surface area contributed by atoms with E-state index in [1.54, 1.807) is 12.1 Å². The number of nitrogens with one attached hydrogen (secondary N) is 1. The molecule has 0 unspecified atom stereocenters. The van der Waals surface area contributed by atoms with Crippen molar-refractivity contribution in [1.29, 1.82) is 0 Å². The maximum absolute atomic E-state index is 11.5. The second-order valence-corrected chi connectivity index (χ2v) is 6.98. The Bertz CT molecular complexity index is 582. The van der Waals surface area contributed by atoms with Crippen LogP contribution in [-0.2, 0) is 15.0 Å². The monoisotopic (exact) mass is 372 g/mol. The number of phenolic OH excluding ortho intramolecular Hbond substituents is 1. The Labute approximate surface area is 137 Å². The minimum atomic E-state index is -1.08. The summed E-state index contributed by atoms with van der Waals surface area (Å²) >= 11 is 3.36. The number of rotatable bonds is 5. The van der Waals surface area contributed by atoms with Crippen LogP contribution >= 0.6 is 15.9 Å². The van der Waals surface area contributed by atoms with Crippen molar-refractivity contribution in [3.05, 3.63) is 27.7 Å². The molecular formula is C15H21BrN2O4. The van der Waals surface area contributed by atoms with E-state index in [2.05, 4.69) is 21.2 Å². The first kappa shape index (κ1) is 18.4. The molecule has 7 heteroatoms. The van der Waals surface area contributed by atoms with Crippen molar-refractivity contribution >= 4 is 27.8 Å². The van der Waals surface area contributed by atoms with Gasteiger partial charge in [0.15, 0.2) is 0 Å². The standard InChI is InChI=1S/C15H21BrN2O4/c1-15(2,3)10-5-8(16)4-9(14(10)22)11(6-13(20)21)18-12(19)7-17/h4-5,11,22H,6-7,17H2,1-3H3,(H,18,19)(H,20,21)/t11-/m0/s1. The van der Waals surface area contributed by atoms with Crippen LogP contribution in [0.4, 0.5) is 0 Å². The van der Waals surface area contributed by atoms with Crippen LogP contribution in [0.1, 0.15) is 44.4 Å². The molecule has 1 aromatic rings. The maximum atomic E-state index is 11.5. The lowest BCUT2D eigenvalue weighted by molar-refractivity contribution is -0.137. The number of benzene rings is 1. The highest BCUT2D eigenvalue weighted by atomic mass is 79.9. The van der Waals surface area contributed by atoms with Crippen LogP contribution in [0.5, 0.6) is 5.75 Å². The molecule has 1 atom stereocenters. The van der Waals surface area contributed by atoms with Crippen LogP contribution in [0.3, 0.4) is 0 Å². The van der Waals surface area contributed by atoms with Crippen LogP contribution in [0.25, 0.3) is 0 Å². The molecule has 0 aliphatic carbocycles. The molecular weight excluding hydrogens is 352 g/mol. The van der Waals surface area contributed by atoms with Gasteiger partial charge in [0.2, 0.25) is 5.91 Å². The lowest BCUT2D eigenvalue weighted by atomic mass is 9.84. The van der Waals surface area contributed by atoms with Gasteiger partial charge in [0.25, 0.3) is 0 Å². The van der Waals surface area contributed by atoms with Crippen molar-refractivity contribution in [2.24, 2.45) is 5.73 Å². The number of aliphatic carboxylic acids is 1. The van der Waals surface area contributed by atoms with Crippen molar-refractivity contribution in [3.63, 3.8) is 0 Å². The summed E-state index contributed by atoms with van der Waals surface area (Å²) in [6, 6.07) is 2.53. The summed E-state index contributed by atoms with van der Waals surface area (Å²) in [6.07, 6.45) is -0.348. The molecule has 1 aromatic carbocycles. The summed E-state index contributed by atoms with van der Waals surface area (Å²) in [7, 11) is 0. The van der Waals surface area contributed by atoms with E-state index in [1.807, 2.05) is 20.8 Å². The molecule has 122 valence electrons. The molecule has 0 bridgehead atoms. The van der Waals surface area contributed by atoms with Gasteiger partial charge in [-0.05, 0) is 17.5 Å².